The molecule has 0 aromatic carbocycles. The Kier molecular flexibility index (Phi) is 3.55. The number of nitrogens with zero attached hydrogens (tertiary/aromatic N) is 2. The molecule has 3 heterocycles. The maximum atomic E-state index is 12.7. The van der Waals surface area contributed by atoms with Crippen molar-refractivity contribution < 1.29 is 14.7 Å². The van der Waals surface area contributed by atoms with Gasteiger partial charge in [-0.2, -0.15) is 0 Å². The van der Waals surface area contributed by atoms with Gasteiger partial charge in [0.2, 0.25) is 0 Å². The highest BCUT2D eigenvalue weighted by Crippen LogP contribution is 2.29. The fraction of sp³-hybridized carbons (Fsp3) is 0.333. The van der Waals surface area contributed by atoms with Crippen molar-refractivity contribution in [1.82, 2.24) is 9.47 Å². The van der Waals surface area contributed by atoms with Gasteiger partial charge >= 0.3 is 5.97 Å². The van der Waals surface area contributed by atoms with E-state index >= 15 is 0 Å². The van der Waals surface area contributed by atoms with Gasteiger partial charge in [0.05, 0.1) is 5.69 Å². The van der Waals surface area contributed by atoms with Crippen LogP contribution in [0.4, 0.5) is 0 Å². The summed E-state index contributed by atoms with van der Waals surface area (Å²) in [6.45, 7) is 2.38. The van der Waals surface area contributed by atoms with Crippen molar-refractivity contribution >= 4 is 23.2 Å². The second-order valence-corrected chi connectivity index (χ2v) is 6.19. The van der Waals surface area contributed by atoms with Gasteiger partial charge in [-0.3, -0.25) is 4.79 Å². The first-order chi connectivity index (χ1) is 10.1. The molecule has 0 radical (unpaired) electrons. The highest BCUT2D eigenvalue weighted by Gasteiger charge is 2.40. The van der Waals surface area contributed by atoms with Crippen LogP contribution in [0.5, 0.6) is 0 Å². The topological polar surface area (TPSA) is 62.5 Å². The monoisotopic (exact) mass is 304 g/mol. The molecule has 0 spiro atoms. The predicted octanol–water partition coefficient (Wildman–Crippen LogP) is 2.47. The molecular formula is C15H16N2O3S. The van der Waals surface area contributed by atoms with Crippen molar-refractivity contribution in [3.05, 3.63) is 40.8 Å². The average molecular weight is 304 g/mol. The van der Waals surface area contributed by atoms with Crippen molar-refractivity contribution in [3.8, 4) is 5.69 Å². The summed E-state index contributed by atoms with van der Waals surface area (Å²) in [6.07, 6.45) is 4.48. The van der Waals surface area contributed by atoms with E-state index in [0.29, 0.717) is 11.4 Å². The van der Waals surface area contributed by atoms with Gasteiger partial charge in [-0.15, -0.1) is 11.3 Å². The van der Waals surface area contributed by atoms with E-state index in [-0.39, 0.29) is 11.8 Å². The smallest absolute Gasteiger partial charge is 0.326 e. The van der Waals surface area contributed by atoms with E-state index < -0.39 is 12.0 Å². The van der Waals surface area contributed by atoms with Gasteiger partial charge in [0, 0.05) is 18.9 Å². The van der Waals surface area contributed by atoms with Crippen molar-refractivity contribution in [1.29, 1.82) is 0 Å². The highest BCUT2D eigenvalue weighted by molar-refractivity contribution is 7.12. The molecule has 2 unspecified atom stereocenters. The van der Waals surface area contributed by atoms with Gasteiger partial charge in [0.1, 0.15) is 10.9 Å². The van der Waals surface area contributed by atoms with Crippen LogP contribution in [0.25, 0.3) is 5.69 Å². The lowest BCUT2D eigenvalue weighted by Gasteiger charge is -2.23. The number of hydrogen-bond donors (Lipinski definition) is 1. The third kappa shape index (κ3) is 2.35. The maximum Gasteiger partial charge on any atom is 0.326 e. The second kappa shape index (κ2) is 5.37. The van der Waals surface area contributed by atoms with Gasteiger partial charge in [-0.25, -0.2) is 4.79 Å². The Labute approximate surface area is 126 Å². The fourth-order valence-corrected chi connectivity index (χ4v) is 3.69. The molecule has 0 bridgehead atoms. The van der Waals surface area contributed by atoms with Crippen LogP contribution in [-0.4, -0.2) is 39.0 Å². The largest absolute Gasteiger partial charge is 0.480 e. The molecule has 1 fully saturated rings. The lowest BCUT2D eigenvalue weighted by Crippen LogP contribution is -2.42. The standard InChI is InChI=1S/C15H16N2O3S/c1-10-4-8-17(12(10)15(19)20)14(18)13-11(5-9-21-13)16-6-2-3-7-16/h2-3,5-7,9-10,12H,4,8H2,1H3,(H,19,20). The summed E-state index contributed by atoms with van der Waals surface area (Å²) in [6, 6.07) is 4.94. The molecule has 5 nitrogen and oxygen atoms in total. The van der Waals surface area contributed by atoms with Gasteiger partial charge in [-0.1, -0.05) is 6.92 Å². The molecule has 3 rings (SSSR count). The molecule has 1 amide bonds. The lowest BCUT2D eigenvalue weighted by atomic mass is 10.0. The number of aromatic nitrogens is 1. The number of likely N-dealkylation sites (tertiary alicyclic amines) is 1. The SMILES string of the molecule is CC1CCN(C(=O)c2sccc2-n2cccc2)C1C(=O)O. The van der Waals surface area contributed by atoms with Crippen LogP contribution in [0.15, 0.2) is 36.0 Å². The molecule has 21 heavy (non-hydrogen) atoms. The van der Waals surface area contributed by atoms with E-state index in [2.05, 4.69) is 0 Å². The van der Waals surface area contributed by atoms with Crippen LogP contribution < -0.4 is 0 Å². The molecule has 1 N–H and O–H groups in total. The second-order valence-electron chi connectivity index (χ2n) is 5.27. The quantitative estimate of drug-likeness (QED) is 0.947. The zero-order valence-corrected chi connectivity index (χ0v) is 12.4. The Morgan fingerprint density at radius 2 is 2.05 bits per heavy atom. The summed E-state index contributed by atoms with van der Waals surface area (Å²) in [7, 11) is 0. The number of carboxylic acids is 1. The first kappa shape index (κ1) is 13.9. The summed E-state index contributed by atoms with van der Waals surface area (Å²) in [4.78, 5) is 26.2. The average Bonchev–Trinajstić information content (AvgIpc) is 3.17. The predicted molar refractivity (Wildman–Crippen MR) is 79.9 cm³/mol. The molecule has 0 aliphatic carbocycles. The minimum Gasteiger partial charge on any atom is -0.480 e. The Morgan fingerprint density at radius 1 is 1.33 bits per heavy atom. The Bertz CT molecular complexity index is 662. The van der Waals surface area contributed by atoms with Crippen LogP contribution in [0.3, 0.4) is 0 Å². The number of carbonyl (C=O) groups excluding carboxylic acids is 1. The number of rotatable bonds is 3. The number of carbonyl (C=O) groups is 2. The van der Waals surface area contributed by atoms with Crippen molar-refractivity contribution in [2.24, 2.45) is 5.92 Å². The first-order valence-corrected chi connectivity index (χ1v) is 7.72. The van der Waals surface area contributed by atoms with Gasteiger partial charge in [-0.05, 0) is 35.9 Å². The first-order valence-electron chi connectivity index (χ1n) is 6.84. The fourth-order valence-electron chi connectivity index (χ4n) is 2.84. The number of amides is 1. The molecule has 2 atom stereocenters. The van der Waals surface area contributed by atoms with Gasteiger partial charge in [0.25, 0.3) is 5.91 Å². The van der Waals surface area contributed by atoms with Crippen LogP contribution >= 0.6 is 11.3 Å². The molecule has 110 valence electrons. The molecule has 1 saturated heterocycles. The maximum absolute atomic E-state index is 12.7. The summed E-state index contributed by atoms with van der Waals surface area (Å²) in [5.41, 5.74) is 0.804. The lowest BCUT2D eigenvalue weighted by molar-refractivity contribution is -0.142. The van der Waals surface area contributed by atoms with Crippen molar-refractivity contribution in [3.63, 3.8) is 0 Å². The normalized spacial score (nSPS) is 21.7. The molecule has 0 saturated carbocycles. The van der Waals surface area contributed by atoms with Crippen molar-refractivity contribution in [2.75, 3.05) is 6.54 Å². The zero-order valence-electron chi connectivity index (χ0n) is 11.6. The van der Waals surface area contributed by atoms with E-state index in [1.807, 2.05) is 47.5 Å². The molecule has 2 aromatic heterocycles. The van der Waals surface area contributed by atoms with Gasteiger partial charge in [0.15, 0.2) is 0 Å². The third-order valence-corrected chi connectivity index (χ3v) is 4.83. The summed E-state index contributed by atoms with van der Waals surface area (Å²) in [5.74, 6) is -1.13. The zero-order chi connectivity index (χ0) is 15.0. The third-order valence-electron chi connectivity index (χ3n) is 3.94. The number of thiophene rings is 1. The molecule has 2 aromatic rings. The van der Waals surface area contributed by atoms with Crippen molar-refractivity contribution in [2.45, 2.75) is 19.4 Å². The molecule has 1 aliphatic rings. The number of carboxylic acid groups (broad SMARTS) is 1. The number of hydrogen-bond acceptors (Lipinski definition) is 3. The summed E-state index contributed by atoms with van der Waals surface area (Å²) in [5, 5.41) is 11.2. The van der Waals surface area contributed by atoms with E-state index in [0.717, 1.165) is 12.1 Å². The highest BCUT2D eigenvalue weighted by atomic mass is 32.1. The van der Waals surface area contributed by atoms with E-state index in [1.54, 1.807) is 0 Å². The Hall–Kier alpha value is -2.08. The van der Waals surface area contributed by atoms with E-state index in [9.17, 15) is 14.7 Å². The minimum absolute atomic E-state index is 0.0126. The van der Waals surface area contributed by atoms with E-state index in [4.69, 9.17) is 0 Å². The van der Waals surface area contributed by atoms with Crippen LogP contribution in [0.1, 0.15) is 23.0 Å². The summed E-state index contributed by atoms with van der Waals surface area (Å²) >= 11 is 1.35. The van der Waals surface area contributed by atoms with Gasteiger partial charge < -0.3 is 14.6 Å². The van der Waals surface area contributed by atoms with Crippen LogP contribution in [-0.2, 0) is 4.79 Å². The molecular weight excluding hydrogens is 288 g/mol. The summed E-state index contributed by atoms with van der Waals surface area (Å²) < 4.78 is 1.87. The number of aliphatic carboxylic acids is 1. The van der Waals surface area contributed by atoms with E-state index in [1.165, 1.54) is 16.2 Å². The van der Waals surface area contributed by atoms with Crippen LogP contribution in [0.2, 0.25) is 0 Å². The molecule has 6 heteroatoms. The van der Waals surface area contributed by atoms with Crippen LogP contribution in [0, 0.1) is 5.92 Å². The Balaban J connectivity index is 1.93. The Morgan fingerprint density at radius 3 is 2.71 bits per heavy atom. The minimum atomic E-state index is -0.924. The molecule has 1 aliphatic heterocycles.